The Morgan fingerprint density at radius 2 is 1.52 bits per heavy atom. The molecule has 3 aliphatic rings. The molecule has 1 heterocycles. The number of fused-ring (bicyclic) bond motifs is 3. The van der Waals surface area contributed by atoms with E-state index < -0.39 is 0 Å². The molecule has 0 aromatic heterocycles. The first-order valence-corrected chi connectivity index (χ1v) is 19.3. The molecule has 5 atom stereocenters. The third-order valence-corrected chi connectivity index (χ3v) is 11.5. The van der Waals surface area contributed by atoms with Crippen molar-refractivity contribution in [2.45, 2.75) is 149 Å². The molecule has 1 saturated carbocycles. The Balaban J connectivity index is 1.42. The summed E-state index contributed by atoms with van der Waals surface area (Å²) in [7, 11) is 0. The summed E-state index contributed by atoms with van der Waals surface area (Å²) in [6.07, 6.45) is 17.1. The number of allylic oxidation sites excluding steroid dienone is 3. The second kappa shape index (κ2) is 16.2. The first kappa shape index (κ1) is 36.4. The van der Waals surface area contributed by atoms with Gasteiger partial charge in [-0.25, -0.2) is 0 Å². The molecule has 0 saturated heterocycles. The maximum Gasteiger partial charge on any atom is 0.127 e. The Morgan fingerprint density at radius 1 is 0.896 bits per heavy atom. The van der Waals surface area contributed by atoms with Crippen molar-refractivity contribution in [3.63, 3.8) is 0 Å². The van der Waals surface area contributed by atoms with Crippen LogP contribution in [0, 0.1) is 17.8 Å². The Morgan fingerprint density at radius 3 is 2.15 bits per heavy atom. The van der Waals surface area contributed by atoms with Gasteiger partial charge >= 0.3 is 0 Å². The van der Waals surface area contributed by atoms with Crippen molar-refractivity contribution >= 4 is 0 Å². The standard InChI is InChI=1S/C44H64O4/c1-9-11-13-15-32-25-38(45)42(35-23-30(5)17-19-34(35)29(3)4)39(26-32)46-21-22-47-40-27-33(16-14-12-10-2)28-41-43(40)36-24-31(6)18-20-37(36)44(7,8)48-41/h23,25-28,31,34-37,45H,3,9-22,24H2,1-2,4-8H3/t31-,34-,35+,36+,37+/m0/s1. The van der Waals surface area contributed by atoms with Crippen molar-refractivity contribution in [1.29, 1.82) is 0 Å². The largest absolute Gasteiger partial charge is 0.507 e. The first-order valence-electron chi connectivity index (χ1n) is 19.3. The molecule has 0 radical (unpaired) electrons. The summed E-state index contributed by atoms with van der Waals surface area (Å²) in [5.74, 6) is 5.09. The van der Waals surface area contributed by atoms with Gasteiger partial charge in [0.15, 0.2) is 0 Å². The molecule has 0 unspecified atom stereocenters. The number of unbranched alkanes of at least 4 members (excludes halogenated alkanes) is 4. The van der Waals surface area contributed by atoms with Gasteiger partial charge in [0.05, 0.1) is 0 Å². The maximum absolute atomic E-state index is 11.5. The molecule has 0 amide bonds. The van der Waals surface area contributed by atoms with Crippen LogP contribution in [-0.4, -0.2) is 23.9 Å². The van der Waals surface area contributed by atoms with Crippen molar-refractivity contribution in [3.05, 3.63) is 70.3 Å². The van der Waals surface area contributed by atoms with E-state index >= 15 is 0 Å². The fourth-order valence-electron chi connectivity index (χ4n) is 8.89. The monoisotopic (exact) mass is 656 g/mol. The summed E-state index contributed by atoms with van der Waals surface area (Å²) in [5, 5.41) is 11.5. The molecule has 0 bridgehead atoms. The van der Waals surface area contributed by atoms with Gasteiger partial charge in [-0.1, -0.05) is 76.7 Å². The van der Waals surface area contributed by atoms with Gasteiger partial charge in [0, 0.05) is 23.0 Å². The number of phenols is 1. The third kappa shape index (κ3) is 8.45. The van der Waals surface area contributed by atoms with Gasteiger partial charge in [-0.3, -0.25) is 0 Å². The van der Waals surface area contributed by atoms with Gasteiger partial charge in [-0.05, 0) is 132 Å². The second-order valence-electron chi connectivity index (χ2n) is 16.0. The number of hydrogen-bond donors (Lipinski definition) is 1. The highest BCUT2D eigenvalue weighted by Gasteiger charge is 2.47. The molecular weight excluding hydrogens is 592 g/mol. The van der Waals surface area contributed by atoms with Crippen LogP contribution in [0.4, 0.5) is 0 Å². The maximum atomic E-state index is 11.5. The fourth-order valence-corrected chi connectivity index (χ4v) is 8.89. The smallest absolute Gasteiger partial charge is 0.127 e. The van der Waals surface area contributed by atoms with Crippen LogP contribution < -0.4 is 14.2 Å². The predicted octanol–water partition coefficient (Wildman–Crippen LogP) is 12.0. The SMILES string of the molecule is C=C(C)[C@@H]1CCC(C)=C[C@H]1c1c(O)cc(CCCCC)cc1OCCOc1cc(CCCCC)cc2c1[C@@H]1C[C@@H](C)CC[C@H]1C(C)(C)O2. The predicted molar refractivity (Wildman–Crippen MR) is 200 cm³/mol. The molecule has 1 N–H and O–H groups in total. The lowest BCUT2D eigenvalue weighted by Gasteiger charge is -2.49. The van der Waals surface area contributed by atoms with E-state index in [1.165, 1.54) is 68.1 Å². The molecule has 264 valence electrons. The van der Waals surface area contributed by atoms with Gasteiger partial charge in [0.25, 0.3) is 0 Å². The molecule has 4 nitrogen and oxygen atoms in total. The lowest BCUT2D eigenvalue weighted by molar-refractivity contribution is -0.0149. The van der Waals surface area contributed by atoms with Crippen LogP contribution in [0.1, 0.15) is 153 Å². The summed E-state index contributed by atoms with van der Waals surface area (Å²) in [4.78, 5) is 0. The van der Waals surface area contributed by atoms with Gasteiger partial charge in [0.1, 0.15) is 41.8 Å². The highest BCUT2D eigenvalue weighted by molar-refractivity contribution is 5.54. The van der Waals surface area contributed by atoms with Crippen LogP contribution >= 0.6 is 0 Å². The van der Waals surface area contributed by atoms with E-state index in [0.717, 1.165) is 66.1 Å². The molecule has 1 fully saturated rings. The molecule has 1 aliphatic heterocycles. The minimum atomic E-state index is -0.186. The highest BCUT2D eigenvalue weighted by Crippen LogP contribution is 2.56. The lowest BCUT2D eigenvalue weighted by Crippen LogP contribution is -2.46. The summed E-state index contributed by atoms with van der Waals surface area (Å²) >= 11 is 0. The van der Waals surface area contributed by atoms with Gasteiger partial charge < -0.3 is 19.3 Å². The molecule has 5 rings (SSSR count). The summed E-state index contributed by atoms with van der Waals surface area (Å²) in [6.45, 7) is 21.0. The lowest BCUT2D eigenvalue weighted by atomic mass is 9.64. The Kier molecular flexibility index (Phi) is 12.3. The molecule has 0 spiro atoms. The number of ether oxygens (including phenoxy) is 3. The Bertz CT molecular complexity index is 1430. The van der Waals surface area contributed by atoms with E-state index in [1.54, 1.807) is 0 Å². The fraction of sp³-hybridized carbons (Fsp3) is 0.636. The normalized spacial score (nSPS) is 24.6. The summed E-state index contributed by atoms with van der Waals surface area (Å²) in [6, 6.07) is 8.76. The molecule has 48 heavy (non-hydrogen) atoms. The van der Waals surface area contributed by atoms with Crippen molar-refractivity contribution < 1.29 is 19.3 Å². The third-order valence-electron chi connectivity index (χ3n) is 11.5. The zero-order valence-electron chi connectivity index (χ0n) is 31.3. The van der Waals surface area contributed by atoms with E-state index in [9.17, 15) is 5.11 Å². The molecular formula is C44H64O4. The molecule has 2 aliphatic carbocycles. The van der Waals surface area contributed by atoms with Crippen LogP contribution in [0.5, 0.6) is 23.0 Å². The van der Waals surface area contributed by atoms with E-state index in [0.29, 0.717) is 36.7 Å². The van der Waals surface area contributed by atoms with Crippen molar-refractivity contribution in [1.82, 2.24) is 0 Å². The Labute approximate surface area is 292 Å². The second-order valence-corrected chi connectivity index (χ2v) is 16.0. The van der Waals surface area contributed by atoms with Gasteiger partial charge in [-0.15, -0.1) is 0 Å². The zero-order chi connectivity index (χ0) is 34.4. The van der Waals surface area contributed by atoms with E-state index in [4.69, 9.17) is 14.2 Å². The minimum absolute atomic E-state index is 0.0504. The van der Waals surface area contributed by atoms with Gasteiger partial charge in [-0.2, -0.15) is 0 Å². The summed E-state index contributed by atoms with van der Waals surface area (Å²) < 4.78 is 20.2. The van der Waals surface area contributed by atoms with Gasteiger partial charge in [0.2, 0.25) is 0 Å². The number of aromatic hydroxyl groups is 1. The molecule has 2 aromatic rings. The number of phenolic OH excluding ortho intramolecular Hbond substituents is 1. The average molecular weight is 657 g/mol. The van der Waals surface area contributed by atoms with Crippen LogP contribution in [0.15, 0.2) is 48.1 Å². The van der Waals surface area contributed by atoms with Crippen LogP contribution in [-0.2, 0) is 12.8 Å². The average Bonchev–Trinajstić information content (AvgIpc) is 3.02. The topological polar surface area (TPSA) is 47.9 Å². The quantitative estimate of drug-likeness (QED) is 0.153. The number of hydrogen-bond acceptors (Lipinski definition) is 4. The Hall–Kier alpha value is -2.88. The van der Waals surface area contributed by atoms with Crippen LogP contribution in [0.25, 0.3) is 0 Å². The molecule has 4 heteroatoms. The first-order chi connectivity index (χ1) is 23.0. The van der Waals surface area contributed by atoms with E-state index in [2.05, 4.69) is 79.3 Å². The minimum Gasteiger partial charge on any atom is -0.507 e. The van der Waals surface area contributed by atoms with E-state index in [1.807, 2.05) is 6.07 Å². The molecule has 2 aromatic carbocycles. The zero-order valence-corrected chi connectivity index (χ0v) is 31.3. The highest BCUT2D eigenvalue weighted by atomic mass is 16.5. The summed E-state index contributed by atoms with van der Waals surface area (Å²) in [5.41, 5.74) is 6.94. The van der Waals surface area contributed by atoms with Crippen LogP contribution in [0.3, 0.4) is 0 Å². The number of rotatable bonds is 15. The number of benzene rings is 2. The number of aryl methyl sites for hydroxylation is 2. The van der Waals surface area contributed by atoms with Crippen LogP contribution in [0.2, 0.25) is 0 Å². The van der Waals surface area contributed by atoms with E-state index in [-0.39, 0.29) is 17.4 Å². The van der Waals surface area contributed by atoms with Crippen molar-refractivity contribution in [2.24, 2.45) is 17.8 Å². The van der Waals surface area contributed by atoms with Crippen molar-refractivity contribution in [2.75, 3.05) is 13.2 Å². The van der Waals surface area contributed by atoms with Crippen molar-refractivity contribution in [3.8, 4) is 23.0 Å².